The van der Waals surface area contributed by atoms with E-state index in [4.69, 9.17) is 11.6 Å². The zero-order valence-corrected chi connectivity index (χ0v) is 17.4. The lowest BCUT2D eigenvalue weighted by molar-refractivity contribution is -0.120. The Morgan fingerprint density at radius 2 is 1.97 bits per heavy atom. The Morgan fingerprint density at radius 3 is 2.65 bits per heavy atom. The molecule has 162 valence electrons. The van der Waals surface area contributed by atoms with Crippen molar-refractivity contribution in [2.45, 2.75) is 12.3 Å². The Balaban J connectivity index is 1.55. The van der Waals surface area contributed by atoms with Crippen molar-refractivity contribution in [3.63, 3.8) is 0 Å². The van der Waals surface area contributed by atoms with Crippen LogP contribution in [0, 0.1) is 23.4 Å². The van der Waals surface area contributed by atoms with Gasteiger partial charge in [0.25, 0.3) is 0 Å². The molecule has 1 aliphatic heterocycles. The van der Waals surface area contributed by atoms with Crippen molar-refractivity contribution >= 4 is 23.2 Å². The van der Waals surface area contributed by atoms with Gasteiger partial charge in [-0.05, 0) is 48.7 Å². The number of hydrogen-bond donors (Lipinski definition) is 2. The van der Waals surface area contributed by atoms with Gasteiger partial charge in [0, 0.05) is 19.2 Å². The van der Waals surface area contributed by atoms with Crippen molar-refractivity contribution in [2.24, 2.45) is 13.0 Å². The molecule has 2 heterocycles. The highest BCUT2D eigenvalue weighted by Crippen LogP contribution is 2.33. The Kier molecular flexibility index (Phi) is 6.02. The van der Waals surface area contributed by atoms with Crippen LogP contribution in [0.1, 0.15) is 17.9 Å². The van der Waals surface area contributed by atoms with Gasteiger partial charge in [0.1, 0.15) is 5.82 Å². The summed E-state index contributed by atoms with van der Waals surface area (Å²) in [4.78, 5) is 13.0. The third kappa shape index (κ3) is 4.31. The number of nitrogens with one attached hydrogen (secondary N) is 2. The number of halogens is 4. The molecular weight excluding hydrogens is 429 g/mol. The van der Waals surface area contributed by atoms with Gasteiger partial charge in [-0.3, -0.25) is 9.48 Å². The minimum Gasteiger partial charge on any atom is -0.323 e. The molecule has 0 saturated carbocycles. The molecule has 0 spiro atoms. The summed E-state index contributed by atoms with van der Waals surface area (Å²) in [7, 11) is 1.70. The molecule has 0 radical (unpaired) electrons. The first kappa shape index (κ1) is 21.4. The van der Waals surface area contributed by atoms with Crippen LogP contribution in [0.5, 0.6) is 0 Å². The maximum absolute atomic E-state index is 14.8. The Hall–Kier alpha value is -2.84. The monoisotopic (exact) mass is 448 g/mol. The quantitative estimate of drug-likeness (QED) is 0.618. The summed E-state index contributed by atoms with van der Waals surface area (Å²) < 4.78 is 43.3. The van der Waals surface area contributed by atoms with Gasteiger partial charge in [0.15, 0.2) is 11.6 Å². The molecular formula is C22H20ClF3N4O. The molecule has 9 heteroatoms. The molecule has 2 atom stereocenters. The van der Waals surface area contributed by atoms with Crippen molar-refractivity contribution in [1.82, 2.24) is 15.1 Å². The second-order valence-corrected chi connectivity index (χ2v) is 7.94. The molecule has 1 amide bonds. The van der Waals surface area contributed by atoms with E-state index in [0.29, 0.717) is 41.4 Å². The smallest absolute Gasteiger partial charge is 0.229 e. The predicted octanol–water partition coefficient (Wildman–Crippen LogP) is 4.49. The van der Waals surface area contributed by atoms with E-state index in [1.165, 1.54) is 29.1 Å². The number of rotatable bonds is 4. The molecule has 3 aromatic rings. The Morgan fingerprint density at radius 1 is 1.16 bits per heavy atom. The lowest BCUT2D eigenvalue weighted by atomic mass is 9.80. The standard InChI is InChI=1S/C22H20ClF3N4O/c1-30-21(16(23)11-28-30)13-3-5-20(19(26)9-13)29-22(31)15-10-27-7-6-14(15)12-2-4-17(24)18(25)8-12/h2-5,8-9,11,14-15,27H,6-7,10H2,1H3,(H,29,31)/t14-,15+/m0/s1. The molecule has 1 aromatic heterocycles. The fraction of sp³-hybridized carbons (Fsp3) is 0.273. The molecule has 0 aliphatic carbocycles. The van der Waals surface area contributed by atoms with Gasteiger partial charge in [0.05, 0.1) is 28.5 Å². The van der Waals surface area contributed by atoms with Gasteiger partial charge in [-0.25, -0.2) is 13.2 Å². The molecule has 4 rings (SSSR count). The average Bonchev–Trinajstić information content (AvgIpc) is 3.09. The van der Waals surface area contributed by atoms with E-state index in [0.717, 1.165) is 12.1 Å². The third-order valence-electron chi connectivity index (χ3n) is 5.59. The van der Waals surface area contributed by atoms with Crippen LogP contribution in [0.2, 0.25) is 5.02 Å². The largest absolute Gasteiger partial charge is 0.323 e. The SMILES string of the molecule is Cn1ncc(Cl)c1-c1ccc(NC(=O)[C@@H]2CNCC[C@H]2c2ccc(F)c(F)c2)c(F)c1. The molecule has 31 heavy (non-hydrogen) atoms. The summed E-state index contributed by atoms with van der Waals surface area (Å²) in [6.07, 6.45) is 2.04. The summed E-state index contributed by atoms with van der Waals surface area (Å²) in [5.41, 5.74) is 1.66. The predicted molar refractivity (Wildman–Crippen MR) is 112 cm³/mol. The zero-order valence-electron chi connectivity index (χ0n) is 16.6. The van der Waals surface area contributed by atoms with E-state index in [-0.39, 0.29) is 11.6 Å². The van der Waals surface area contributed by atoms with Crippen molar-refractivity contribution in [2.75, 3.05) is 18.4 Å². The first-order chi connectivity index (χ1) is 14.8. The number of nitrogens with zero attached hydrogens (tertiary/aromatic N) is 2. The topological polar surface area (TPSA) is 59.0 Å². The molecule has 0 unspecified atom stereocenters. The Bertz CT molecular complexity index is 1110. The number of piperidine rings is 1. The van der Waals surface area contributed by atoms with Crippen LogP contribution in [0.3, 0.4) is 0 Å². The number of aryl methyl sites for hydroxylation is 1. The highest BCUT2D eigenvalue weighted by Gasteiger charge is 2.33. The summed E-state index contributed by atoms with van der Waals surface area (Å²) >= 11 is 6.12. The average molecular weight is 449 g/mol. The van der Waals surface area contributed by atoms with Gasteiger partial charge in [0.2, 0.25) is 5.91 Å². The second-order valence-electron chi connectivity index (χ2n) is 7.53. The van der Waals surface area contributed by atoms with E-state index >= 15 is 0 Å². The highest BCUT2D eigenvalue weighted by molar-refractivity contribution is 6.33. The normalized spacial score (nSPS) is 18.7. The third-order valence-corrected chi connectivity index (χ3v) is 5.86. The molecule has 1 fully saturated rings. The highest BCUT2D eigenvalue weighted by atomic mass is 35.5. The van der Waals surface area contributed by atoms with Crippen LogP contribution < -0.4 is 10.6 Å². The minimum atomic E-state index is -0.953. The molecule has 2 aromatic carbocycles. The number of benzene rings is 2. The number of aromatic nitrogens is 2. The maximum atomic E-state index is 14.8. The fourth-order valence-corrected chi connectivity index (χ4v) is 4.28. The van der Waals surface area contributed by atoms with Crippen molar-refractivity contribution < 1.29 is 18.0 Å². The number of carbonyl (C=O) groups excluding carboxylic acids is 1. The van der Waals surface area contributed by atoms with E-state index in [1.807, 2.05) is 0 Å². The van der Waals surface area contributed by atoms with Gasteiger partial charge < -0.3 is 10.6 Å². The number of carbonyl (C=O) groups is 1. The minimum absolute atomic E-state index is 0.0293. The van der Waals surface area contributed by atoms with E-state index in [2.05, 4.69) is 15.7 Å². The summed E-state index contributed by atoms with van der Waals surface area (Å²) in [6.45, 7) is 0.988. The van der Waals surface area contributed by atoms with Gasteiger partial charge >= 0.3 is 0 Å². The fourth-order valence-electron chi connectivity index (χ4n) is 4.00. The van der Waals surface area contributed by atoms with Crippen LogP contribution in [0.4, 0.5) is 18.9 Å². The van der Waals surface area contributed by atoms with Crippen molar-refractivity contribution in [3.8, 4) is 11.3 Å². The van der Waals surface area contributed by atoms with E-state index in [9.17, 15) is 18.0 Å². The van der Waals surface area contributed by atoms with Crippen LogP contribution in [0.25, 0.3) is 11.3 Å². The first-order valence-corrected chi connectivity index (χ1v) is 10.2. The lowest BCUT2D eigenvalue weighted by Crippen LogP contribution is -2.42. The molecule has 1 saturated heterocycles. The lowest BCUT2D eigenvalue weighted by Gasteiger charge is -2.31. The first-order valence-electron chi connectivity index (χ1n) is 9.79. The Labute approximate surface area is 182 Å². The molecule has 1 aliphatic rings. The summed E-state index contributed by atoms with van der Waals surface area (Å²) in [5.74, 6) is -3.78. The second kappa shape index (κ2) is 8.72. The van der Waals surface area contributed by atoms with Crippen LogP contribution in [0.15, 0.2) is 42.6 Å². The van der Waals surface area contributed by atoms with Crippen LogP contribution in [-0.2, 0) is 11.8 Å². The molecule has 5 nitrogen and oxygen atoms in total. The van der Waals surface area contributed by atoms with E-state index < -0.39 is 29.3 Å². The number of amides is 1. The van der Waals surface area contributed by atoms with Crippen molar-refractivity contribution in [1.29, 1.82) is 0 Å². The molecule has 0 bridgehead atoms. The number of anilines is 1. The zero-order chi connectivity index (χ0) is 22.1. The van der Waals surface area contributed by atoms with E-state index in [1.54, 1.807) is 13.1 Å². The van der Waals surface area contributed by atoms with Crippen LogP contribution >= 0.6 is 11.6 Å². The maximum Gasteiger partial charge on any atom is 0.229 e. The molecule has 2 N–H and O–H groups in total. The van der Waals surface area contributed by atoms with Gasteiger partial charge in [-0.1, -0.05) is 23.7 Å². The summed E-state index contributed by atoms with van der Waals surface area (Å²) in [6, 6.07) is 8.07. The van der Waals surface area contributed by atoms with Gasteiger partial charge in [-0.15, -0.1) is 0 Å². The van der Waals surface area contributed by atoms with Crippen LogP contribution in [-0.4, -0.2) is 28.8 Å². The van der Waals surface area contributed by atoms with Gasteiger partial charge in [-0.2, -0.15) is 5.10 Å². The van der Waals surface area contributed by atoms with Crippen molar-refractivity contribution in [3.05, 3.63) is 70.6 Å². The number of hydrogen-bond acceptors (Lipinski definition) is 3. The summed E-state index contributed by atoms with van der Waals surface area (Å²) in [5, 5.41) is 10.2.